The molecular formula is C16H25F3O2Si. The van der Waals surface area contributed by atoms with Gasteiger partial charge in [0.05, 0.1) is 6.61 Å². The van der Waals surface area contributed by atoms with Crippen molar-refractivity contribution in [2.45, 2.75) is 57.8 Å². The van der Waals surface area contributed by atoms with Gasteiger partial charge in [0.1, 0.15) is 6.10 Å². The van der Waals surface area contributed by atoms with Gasteiger partial charge in [-0.3, -0.25) is 0 Å². The summed E-state index contributed by atoms with van der Waals surface area (Å²) in [6, 6.07) is 9.71. The second-order valence-electron chi connectivity index (χ2n) is 6.29. The summed E-state index contributed by atoms with van der Waals surface area (Å²) in [6.07, 6.45) is -4.88. The number of rotatable bonds is 9. The fourth-order valence-electron chi connectivity index (χ4n) is 2.01. The molecule has 0 bridgehead atoms. The molecule has 0 aliphatic carbocycles. The molecule has 1 aromatic rings. The normalized spacial score (nSPS) is 14.1. The van der Waals surface area contributed by atoms with Gasteiger partial charge in [0, 0.05) is 6.61 Å². The van der Waals surface area contributed by atoms with Crippen molar-refractivity contribution in [2.75, 3.05) is 6.61 Å². The minimum Gasteiger partial charge on any atom is -0.406 e. The van der Waals surface area contributed by atoms with Crippen LogP contribution in [0.25, 0.3) is 0 Å². The number of hydrogen-bond donors (Lipinski definition) is 0. The molecule has 126 valence electrons. The summed E-state index contributed by atoms with van der Waals surface area (Å²) in [5.74, 6) is 0. The van der Waals surface area contributed by atoms with Crippen LogP contribution in [0.1, 0.15) is 24.8 Å². The molecule has 1 atom stereocenters. The fraction of sp³-hybridized carbons (Fsp3) is 0.625. The summed E-state index contributed by atoms with van der Waals surface area (Å²) in [7, 11) is -2.20. The van der Waals surface area contributed by atoms with Crippen LogP contribution in [0.5, 0.6) is 0 Å². The summed E-state index contributed by atoms with van der Waals surface area (Å²) in [6.45, 7) is 6.28. The quantitative estimate of drug-likeness (QED) is 0.459. The van der Waals surface area contributed by atoms with Crippen LogP contribution < -0.4 is 0 Å². The first-order valence-corrected chi connectivity index (χ1v) is 11.0. The van der Waals surface area contributed by atoms with Gasteiger partial charge in [-0.25, -0.2) is 0 Å². The molecule has 0 aliphatic heterocycles. The van der Waals surface area contributed by atoms with Crippen molar-refractivity contribution < 1.29 is 22.3 Å². The fourth-order valence-corrected chi connectivity index (χ4v) is 3.12. The van der Waals surface area contributed by atoms with Gasteiger partial charge in [0.15, 0.2) is 8.32 Å². The minimum atomic E-state index is -4.29. The van der Waals surface area contributed by atoms with E-state index in [1.165, 1.54) is 0 Å². The molecule has 0 saturated heterocycles. The topological polar surface area (TPSA) is 18.5 Å². The summed E-state index contributed by atoms with van der Waals surface area (Å²) in [4.78, 5) is 0. The largest absolute Gasteiger partial charge is 0.413 e. The smallest absolute Gasteiger partial charge is 0.406 e. The Morgan fingerprint density at radius 3 is 2.23 bits per heavy atom. The number of alkyl halides is 3. The highest BCUT2D eigenvalue weighted by Crippen LogP contribution is 2.29. The summed E-state index contributed by atoms with van der Waals surface area (Å²) >= 11 is 0. The third-order valence-electron chi connectivity index (χ3n) is 2.98. The van der Waals surface area contributed by atoms with Crippen LogP contribution in [0.3, 0.4) is 0 Å². The maximum atomic E-state index is 12.9. The monoisotopic (exact) mass is 334 g/mol. The second-order valence-corrected chi connectivity index (χ2v) is 10.8. The highest BCUT2D eigenvalue weighted by atomic mass is 28.4. The lowest BCUT2D eigenvalue weighted by Gasteiger charge is -2.28. The van der Waals surface area contributed by atoms with E-state index in [-0.39, 0.29) is 6.42 Å². The molecule has 0 radical (unpaired) electrons. The van der Waals surface area contributed by atoms with E-state index < -0.39 is 20.6 Å². The van der Waals surface area contributed by atoms with Crippen molar-refractivity contribution >= 4 is 8.32 Å². The molecule has 22 heavy (non-hydrogen) atoms. The highest BCUT2D eigenvalue weighted by Gasteiger charge is 2.42. The summed E-state index contributed by atoms with van der Waals surface area (Å²) in [5, 5.41) is 0. The Morgan fingerprint density at radius 2 is 1.68 bits per heavy atom. The van der Waals surface area contributed by atoms with Crippen molar-refractivity contribution in [3.8, 4) is 0 Å². The minimum absolute atomic E-state index is 0.00245. The van der Waals surface area contributed by atoms with E-state index >= 15 is 0 Å². The van der Waals surface area contributed by atoms with Gasteiger partial charge < -0.3 is 9.16 Å². The van der Waals surface area contributed by atoms with Gasteiger partial charge in [-0.15, -0.1) is 0 Å². The molecule has 6 heteroatoms. The van der Waals surface area contributed by atoms with Crippen molar-refractivity contribution in [3.05, 3.63) is 35.9 Å². The van der Waals surface area contributed by atoms with Crippen LogP contribution in [0.4, 0.5) is 13.2 Å². The molecule has 0 heterocycles. The molecule has 0 fully saturated rings. The first-order chi connectivity index (χ1) is 10.2. The zero-order valence-corrected chi connectivity index (χ0v) is 14.5. The Morgan fingerprint density at radius 1 is 1.05 bits per heavy atom. The molecule has 2 nitrogen and oxygen atoms in total. The maximum Gasteiger partial charge on any atom is 0.413 e. The van der Waals surface area contributed by atoms with Crippen molar-refractivity contribution in [2.24, 2.45) is 0 Å². The Balaban J connectivity index is 2.23. The zero-order chi connectivity index (χ0) is 16.6. The van der Waals surface area contributed by atoms with Crippen LogP contribution in [0, 0.1) is 0 Å². The Hall–Kier alpha value is -0.853. The van der Waals surface area contributed by atoms with E-state index in [2.05, 4.69) is 0 Å². The third kappa shape index (κ3) is 8.56. The molecule has 1 aromatic carbocycles. The van der Waals surface area contributed by atoms with Crippen LogP contribution >= 0.6 is 0 Å². The Kier molecular flexibility index (Phi) is 7.59. The van der Waals surface area contributed by atoms with E-state index in [0.717, 1.165) is 5.56 Å². The van der Waals surface area contributed by atoms with Gasteiger partial charge in [0.25, 0.3) is 0 Å². The third-order valence-corrected chi connectivity index (χ3v) is 3.97. The van der Waals surface area contributed by atoms with Crippen molar-refractivity contribution in [1.82, 2.24) is 0 Å². The molecule has 0 N–H and O–H groups in total. The SMILES string of the molecule is C[Si](C)(C)OC(CCCCOCc1ccccc1)C(F)(F)F. The zero-order valence-electron chi connectivity index (χ0n) is 13.5. The number of hydrogen-bond acceptors (Lipinski definition) is 2. The lowest BCUT2D eigenvalue weighted by Crippen LogP contribution is -2.40. The average Bonchev–Trinajstić information content (AvgIpc) is 2.40. The average molecular weight is 334 g/mol. The van der Waals surface area contributed by atoms with E-state index in [0.29, 0.717) is 26.1 Å². The van der Waals surface area contributed by atoms with Crippen LogP contribution in [0.15, 0.2) is 30.3 Å². The molecule has 0 saturated carbocycles. The van der Waals surface area contributed by atoms with Crippen LogP contribution in [-0.4, -0.2) is 27.2 Å². The Bertz CT molecular complexity index is 416. The number of halogens is 3. The number of unbranched alkanes of at least 4 members (excludes halogenated alkanes) is 1. The first kappa shape index (κ1) is 19.2. The van der Waals surface area contributed by atoms with E-state index in [1.54, 1.807) is 19.6 Å². The lowest BCUT2D eigenvalue weighted by atomic mass is 10.1. The predicted octanol–water partition coefficient (Wildman–Crippen LogP) is 5.16. The highest BCUT2D eigenvalue weighted by molar-refractivity contribution is 6.69. The standard InChI is InChI=1S/C16H25F3O2Si/c1-22(2,3)21-15(16(17,18)19)11-7-8-12-20-13-14-9-5-4-6-10-14/h4-6,9-10,15H,7-8,11-13H2,1-3H3. The van der Waals surface area contributed by atoms with Crippen molar-refractivity contribution in [3.63, 3.8) is 0 Å². The molecule has 0 aromatic heterocycles. The van der Waals surface area contributed by atoms with Gasteiger partial charge in [-0.2, -0.15) is 13.2 Å². The van der Waals surface area contributed by atoms with Gasteiger partial charge in [0.2, 0.25) is 0 Å². The second kappa shape index (κ2) is 8.69. The van der Waals surface area contributed by atoms with Crippen LogP contribution in [-0.2, 0) is 15.8 Å². The lowest BCUT2D eigenvalue weighted by molar-refractivity contribution is -0.199. The van der Waals surface area contributed by atoms with E-state index in [1.807, 2.05) is 30.3 Å². The van der Waals surface area contributed by atoms with E-state index in [9.17, 15) is 13.2 Å². The summed E-state index contributed by atoms with van der Waals surface area (Å²) < 4.78 is 49.5. The number of ether oxygens (including phenoxy) is 1. The molecule has 1 rings (SSSR count). The maximum absolute atomic E-state index is 12.9. The molecular weight excluding hydrogens is 309 g/mol. The van der Waals surface area contributed by atoms with Gasteiger partial charge in [-0.1, -0.05) is 30.3 Å². The Labute approximate surface area is 131 Å². The molecule has 0 spiro atoms. The van der Waals surface area contributed by atoms with Gasteiger partial charge >= 0.3 is 6.18 Å². The molecule has 0 amide bonds. The predicted molar refractivity (Wildman–Crippen MR) is 84.2 cm³/mol. The van der Waals surface area contributed by atoms with Crippen molar-refractivity contribution in [1.29, 1.82) is 0 Å². The number of benzene rings is 1. The summed E-state index contributed by atoms with van der Waals surface area (Å²) in [5.41, 5.74) is 1.07. The molecule has 0 aliphatic rings. The van der Waals surface area contributed by atoms with E-state index in [4.69, 9.17) is 9.16 Å². The van der Waals surface area contributed by atoms with Gasteiger partial charge in [-0.05, 0) is 44.5 Å². The van der Waals surface area contributed by atoms with Crippen LogP contribution in [0.2, 0.25) is 19.6 Å². The molecule has 1 unspecified atom stereocenters. The first-order valence-electron chi connectivity index (χ1n) is 7.55.